The Balaban J connectivity index is 2.43. The van der Waals surface area contributed by atoms with Crippen molar-refractivity contribution in [1.29, 1.82) is 0 Å². The van der Waals surface area contributed by atoms with Crippen LogP contribution >= 0.6 is 0 Å². The van der Waals surface area contributed by atoms with Crippen molar-refractivity contribution in [1.82, 2.24) is 4.98 Å². The molecule has 3 heteroatoms. The van der Waals surface area contributed by atoms with Gasteiger partial charge in [-0.15, -0.1) is 0 Å². The van der Waals surface area contributed by atoms with Gasteiger partial charge in [0, 0.05) is 30.7 Å². The molecule has 16 heavy (non-hydrogen) atoms. The maximum Gasteiger partial charge on any atom is 0.0401 e. The Morgan fingerprint density at radius 1 is 1.44 bits per heavy atom. The predicted molar refractivity (Wildman–Crippen MR) is 69.5 cm³/mol. The summed E-state index contributed by atoms with van der Waals surface area (Å²) in [5, 5.41) is 3.37. The third-order valence-corrected chi connectivity index (χ3v) is 2.45. The summed E-state index contributed by atoms with van der Waals surface area (Å²) in [7, 11) is 0. The van der Waals surface area contributed by atoms with Crippen molar-refractivity contribution in [2.24, 2.45) is 11.1 Å². The minimum atomic E-state index is 0.188. The number of aromatic nitrogens is 1. The van der Waals surface area contributed by atoms with Crippen molar-refractivity contribution in [2.45, 2.75) is 40.2 Å². The molecule has 90 valence electrons. The number of pyridine rings is 1. The molecule has 0 spiro atoms. The number of anilines is 1. The van der Waals surface area contributed by atoms with Crippen molar-refractivity contribution in [3.63, 3.8) is 0 Å². The van der Waals surface area contributed by atoms with Crippen molar-refractivity contribution in [3.05, 3.63) is 24.0 Å². The lowest BCUT2D eigenvalue weighted by Gasteiger charge is -2.23. The van der Waals surface area contributed by atoms with Crippen LogP contribution in [0.1, 0.15) is 32.8 Å². The highest BCUT2D eigenvalue weighted by Gasteiger charge is 2.15. The first-order chi connectivity index (χ1) is 7.38. The van der Waals surface area contributed by atoms with Gasteiger partial charge in [0.15, 0.2) is 0 Å². The molecule has 1 unspecified atom stereocenters. The van der Waals surface area contributed by atoms with Gasteiger partial charge in [-0.1, -0.05) is 20.8 Å². The van der Waals surface area contributed by atoms with Gasteiger partial charge in [0.05, 0.1) is 0 Å². The molecule has 1 aromatic heterocycles. The van der Waals surface area contributed by atoms with Crippen LogP contribution in [0.5, 0.6) is 0 Å². The Morgan fingerprint density at radius 3 is 2.69 bits per heavy atom. The molecule has 3 nitrogen and oxygen atoms in total. The maximum absolute atomic E-state index is 6.08. The van der Waals surface area contributed by atoms with E-state index in [1.165, 1.54) is 0 Å². The van der Waals surface area contributed by atoms with Gasteiger partial charge >= 0.3 is 0 Å². The lowest BCUT2D eigenvalue weighted by atomic mass is 9.88. The minimum absolute atomic E-state index is 0.188. The van der Waals surface area contributed by atoms with Crippen LogP contribution in [0.3, 0.4) is 0 Å². The second-order valence-corrected chi connectivity index (χ2v) is 5.60. The molecular formula is C13H23N3. The first-order valence-electron chi connectivity index (χ1n) is 5.78. The van der Waals surface area contributed by atoms with Gasteiger partial charge in [-0.05, 0) is 30.4 Å². The zero-order valence-corrected chi connectivity index (χ0v) is 10.7. The quantitative estimate of drug-likeness (QED) is 0.821. The largest absolute Gasteiger partial charge is 0.383 e. The molecule has 0 amide bonds. The molecule has 3 N–H and O–H groups in total. The fourth-order valence-electron chi connectivity index (χ4n) is 1.77. The monoisotopic (exact) mass is 221 g/mol. The molecule has 0 aliphatic heterocycles. The van der Waals surface area contributed by atoms with E-state index < -0.39 is 0 Å². The topological polar surface area (TPSA) is 50.9 Å². The SMILES string of the molecule is Cc1cnccc1NCC(N)CC(C)(C)C. The molecule has 0 bridgehead atoms. The molecule has 1 heterocycles. The number of nitrogens with two attached hydrogens (primary N) is 1. The normalized spacial score (nSPS) is 13.6. The van der Waals surface area contributed by atoms with Gasteiger partial charge in [0.1, 0.15) is 0 Å². The van der Waals surface area contributed by atoms with E-state index in [0.29, 0.717) is 0 Å². The van der Waals surface area contributed by atoms with Crippen molar-refractivity contribution in [3.8, 4) is 0 Å². The van der Waals surface area contributed by atoms with Gasteiger partial charge in [0.2, 0.25) is 0 Å². The van der Waals surface area contributed by atoms with Crippen molar-refractivity contribution < 1.29 is 0 Å². The Hall–Kier alpha value is -1.09. The summed E-state index contributed by atoms with van der Waals surface area (Å²) in [5.74, 6) is 0. The Bertz CT molecular complexity index is 328. The second-order valence-electron chi connectivity index (χ2n) is 5.60. The smallest absolute Gasteiger partial charge is 0.0401 e. The highest BCUT2D eigenvalue weighted by atomic mass is 14.9. The van der Waals surface area contributed by atoms with Crippen molar-refractivity contribution in [2.75, 3.05) is 11.9 Å². The maximum atomic E-state index is 6.08. The molecule has 0 aliphatic carbocycles. The zero-order chi connectivity index (χ0) is 12.2. The van der Waals surface area contributed by atoms with E-state index in [1.54, 1.807) is 6.20 Å². The molecule has 0 radical (unpaired) electrons. The highest BCUT2D eigenvalue weighted by molar-refractivity contribution is 5.48. The van der Waals surface area contributed by atoms with Crippen LogP contribution < -0.4 is 11.1 Å². The number of aryl methyl sites for hydroxylation is 1. The van der Waals surface area contributed by atoms with Crippen LogP contribution in [0.4, 0.5) is 5.69 Å². The van der Waals surface area contributed by atoms with Gasteiger partial charge < -0.3 is 11.1 Å². The molecule has 1 rings (SSSR count). The van der Waals surface area contributed by atoms with Crippen LogP contribution in [0, 0.1) is 12.3 Å². The molecule has 0 saturated heterocycles. The molecule has 0 saturated carbocycles. The third-order valence-electron chi connectivity index (χ3n) is 2.45. The Morgan fingerprint density at radius 2 is 2.12 bits per heavy atom. The first-order valence-corrected chi connectivity index (χ1v) is 5.78. The van der Waals surface area contributed by atoms with E-state index in [-0.39, 0.29) is 11.5 Å². The number of rotatable bonds is 4. The Labute approximate surface area is 98.5 Å². The van der Waals surface area contributed by atoms with Crippen LogP contribution in [-0.2, 0) is 0 Å². The van der Waals surface area contributed by atoms with Crippen LogP contribution in [0.15, 0.2) is 18.5 Å². The van der Waals surface area contributed by atoms with Crippen molar-refractivity contribution >= 4 is 5.69 Å². The highest BCUT2D eigenvalue weighted by Crippen LogP contribution is 2.20. The van der Waals surface area contributed by atoms with Gasteiger partial charge in [-0.2, -0.15) is 0 Å². The van der Waals surface area contributed by atoms with E-state index in [0.717, 1.165) is 24.2 Å². The molecule has 1 atom stereocenters. The lowest BCUT2D eigenvalue weighted by molar-refractivity contribution is 0.345. The van der Waals surface area contributed by atoms with Gasteiger partial charge in [-0.25, -0.2) is 0 Å². The average Bonchev–Trinajstić information content (AvgIpc) is 2.14. The Kier molecular flexibility index (Phi) is 4.30. The van der Waals surface area contributed by atoms with E-state index >= 15 is 0 Å². The van der Waals surface area contributed by atoms with E-state index in [4.69, 9.17) is 5.73 Å². The molecule has 1 aromatic rings. The molecule has 0 aliphatic rings. The summed E-state index contributed by atoms with van der Waals surface area (Å²) in [6, 6.07) is 2.17. The predicted octanol–water partition coefficient (Wildman–Crippen LogP) is 2.57. The number of hydrogen-bond donors (Lipinski definition) is 2. The molecule has 0 fully saturated rings. The fourth-order valence-corrected chi connectivity index (χ4v) is 1.77. The standard InChI is InChI=1S/C13H23N3/c1-10-8-15-6-5-12(10)16-9-11(14)7-13(2,3)4/h5-6,8,11H,7,9,14H2,1-4H3,(H,15,16). The fraction of sp³-hybridized carbons (Fsp3) is 0.615. The van der Waals surface area contributed by atoms with E-state index in [9.17, 15) is 0 Å². The number of nitrogens with zero attached hydrogens (tertiary/aromatic N) is 1. The lowest BCUT2D eigenvalue weighted by Crippen LogP contribution is -2.33. The third kappa shape index (κ3) is 4.62. The minimum Gasteiger partial charge on any atom is -0.383 e. The van der Waals surface area contributed by atoms with E-state index in [2.05, 4.69) is 31.1 Å². The first kappa shape index (κ1) is 13.0. The molecule has 0 aromatic carbocycles. The van der Waals surface area contributed by atoms with Crippen LogP contribution in [-0.4, -0.2) is 17.6 Å². The summed E-state index contributed by atoms with van der Waals surface area (Å²) >= 11 is 0. The summed E-state index contributed by atoms with van der Waals surface area (Å²) in [5.41, 5.74) is 8.65. The van der Waals surface area contributed by atoms with Crippen LogP contribution in [0.25, 0.3) is 0 Å². The number of nitrogens with one attached hydrogen (secondary N) is 1. The summed E-state index contributed by atoms with van der Waals surface area (Å²) < 4.78 is 0. The average molecular weight is 221 g/mol. The van der Waals surface area contributed by atoms with E-state index in [1.807, 2.05) is 19.2 Å². The van der Waals surface area contributed by atoms with Crippen LogP contribution in [0.2, 0.25) is 0 Å². The van der Waals surface area contributed by atoms with Gasteiger partial charge in [-0.3, -0.25) is 4.98 Å². The summed E-state index contributed by atoms with van der Waals surface area (Å²) in [4.78, 5) is 4.06. The zero-order valence-electron chi connectivity index (χ0n) is 10.7. The van der Waals surface area contributed by atoms with Gasteiger partial charge in [0.25, 0.3) is 0 Å². The second kappa shape index (κ2) is 5.30. The molecular weight excluding hydrogens is 198 g/mol. The number of hydrogen-bond acceptors (Lipinski definition) is 3. The summed E-state index contributed by atoms with van der Waals surface area (Å²) in [6.45, 7) is 9.49. The summed E-state index contributed by atoms with van der Waals surface area (Å²) in [6.07, 6.45) is 4.67.